The van der Waals surface area contributed by atoms with Gasteiger partial charge in [0.1, 0.15) is 5.75 Å². The first-order chi connectivity index (χ1) is 14.7. The number of hydrogen-bond acceptors (Lipinski definition) is 6. The minimum absolute atomic E-state index is 0.0682. The monoisotopic (exact) mass is 425 g/mol. The van der Waals surface area contributed by atoms with Crippen LogP contribution in [0, 0.1) is 0 Å². The summed E-state index contributed by atoms with van der Waals surface area (Å²) in [5.41, 5.74) is 2.07. The molecule has 156 valence electrons. The van der Waals surface area contributed by atoms with Crippen LogP contribution in [0.4, 0.5) is 11.4 Å². The largest absolute Gasteiger partial charge is 0.497 e. The molecule has 0 saturated carbocycles. The number of ether oxygens (including phenoxy) is 2. The van der Waals surface area contributed by atoms with E-state index in [4.69, 9.17) is 21.7 Å². The van der Waals surface area contributed by atoms with E-state index in [-0.39, 0.29) is 11.0 Å². The van der Waals surface area contributed by atoms with E-state index in [0.29, 0.717) is 25.6 Å². The van der Waals surface area contributed by atoms with Gasteiger partial charge in [-0.25, -0.2) is 0 Å². The van der Waals surface area contributed by atoms with Gasteiger partial charge in [0, 0.05) is 24.2 Å². The van der Waals surface area contributed by atoms with E-state index >= 15 is 0 Å². The zero-order chi connectivity index (χ0) is 20.9. The van der Waals surface area contributed by atoms with Crippen molar-refractivity contribution < 1.29 is 14.6 Å². The first kappa shape index (κ1) is 20.3. The molecule has 0 spiro atoms. The van der Waals surface area contributed by atoms with Crippen LogP contribution in [0.25, 0.3) is 10.9 Å². The number of nitrogens with one attached hydrogen (secondary N) is 1. The van der Waals surface area contributed by atoms with Gasteiger partial charge in [0.25, 0.3) is 0 Å². The summed E-state index contributed by atoms with van der Waals surface area (Å²) >= 11 is 5.29. The highest BCUT2D eigenvalue weighted by molar-refractivity contribution is 7.80. The van der Waals surface area contributed by atoms with Crippen LogP contribution in [0.5, 0.6) is 11.6 Å². The molecule has 8 nitrogen and oxygen atoms in total. The zero-order valence-electron chi connectivity index (χ0n) is 16.6. The van der Waals surface area contributed by atoms with Gasteiger partial charge in [-0.3, -0.25) is 9.47 Å². The molecule has 0 radical (unpaired) electrons. The summed E-state index contributed by atoms with van der Waals surface area (Å²) in [5.74, 6) is 0.824. The highest BCUT2D eigenvalue weighted by Crippen LogP contribution is 2.39. The van der Waals surface area contributed by atoms with Crippen molar-refractivity contribution >= 4 is 39.6 Å². The predicted molar refractivity (Wildman–Crippen MR) is 120 cm³/mol. The van der Waals surface area contributed by atoms with Crippen LogP contribution in [-0.4, -0.2) is 53.1 Å². The van der Waals surface area contributed by atoms with Gasteiger partial charge in [-0.05, 0) is 42.5 Å². The number of methoxy groups -OCH3 is 1. The lowest BCUT2D eigenvalue weighted by atomic mass is 10.2. The Morgan fingerprint density at radius 1 is 1.17 bits per heavy atom. The molecule has 2 aromatic carbocycles. The molecule has 1 aliphatic heterocycles. The minimum Gasteiger partial charge on any atom is -0.497 e. The Hall–Kier alpha value is -3.01. The van der Waals surface area contributed by atoms with Crippen LogP contribution in [0.2, 0.25) is 0 Å². The molecule has 4 rings (SSSR count). The quantitative estimate of drug-likeness (QED) is 0.472. The van der Waals surface area contributed by atoms with E-state index in [2.05, 4.69) is 20.4 Å². The Morgan fingerprint density at radius 2 is 1.90 bits per heavy atom. The highest BCUT2D eigenvalue weighted by Gasteiger charge is 2.19. The number of aromatic nitrogens is 1. The van der Waals surface area contributed by atoms with Crippen LogP contribution in [0.15, 0.2) is 58.8 Å². The summed E-state index contributed by atoms with van der Waals surface area (Å²) in [6, 6.07) is 15.1. The van der Waals surface area contributed by atoms with Crippen molar-refractivity contribution in [1.82, 2.24) is 9.47 Å². The second-order valence-corrected chi connectivity index (χ2v) is 7.23. The molecule has 0 amide bonds. The van der Waals surface area contributed by atoms with E-state index in [1.165, 1.54) is 0 Å². The number of para-hydroxylation sites is 1. The lowest BCUT2D eigenvalue weighted by Crippen LogP contribution is -2.37. The first-order valence-corrected chi connectivity index (χ1v) is 10.0. The van der Waals surface area contributed by atoms with Crippen LogP contribution in [-0.2, 0) is 11.4 Å². The van der Waals surface area contributed by atoms with Gasteiger partial charge in [0.05, 0.1) is 32.5 Å². The highest BCUT2D eigenvalue weighted by atomic mass is 32.1. The third-order valence-corrected chi connectivity index (χ3v) is 5.13. The van der Waals surface area contributed by atoms with Gasteiger partial charge in [-0.2, -0.15) is 0 Å². The molecule has 0 unspecified atom stereocenters. The predicted octanol–water partition coefficient (Wildman–Crippen LogP) is 4.13. The van der Waals surface area contributed by atoms with Gasteiger partial charge in [-0.15, -0.1) is 10.2 Å². The third kappa shape index (κ3) is 4.43. The van der Waals surface area contributed by atoms with Crippen LogP contribution in [0.3, 0.4) is 0 Å². The standard InChI is InChI=1S/C21H23N5O3S/c1-28-16-8-6-15(7-9-16)22-21(30)24-23-19-17-4-2-3-5-18(17)26(20(19)27)14-25-10-12-29-13-11-25/h2-9,27H,10-14H2,1H3,(H,22,30). The molecule has 2 heterocycles. The summed E-state index contributed by atoms with van der Waals surface area (Å²) in [6.07, 6.45) is 0. The number of hydrogen-bond donors (Lipinski definition) is 2. The van der Waals surface area contributed by atoms with Crippen molar-refractivity contribution in [2.45, 2.75) is 6.67 Å². The van der Waals surface area contributed by atoms with Gasteiger partial charge >= 0.3 is 0 Å². The topological polar surface area (TPSA) is 83.6 Å². The second kappa shape index (κ2) is 9.21. The summed E-state index contributed by atoms with van der Waals surface area (Å²) in [4.78, 5) is 2.23. The summed E-state index contributed by atoms with van der Waals surface area (Å²) in [5, 5.41) is 23.3. The average Bonchev–Trinajstić information content (AvgIpc) is 3.04. The maximum Gasteiger partial charge on any atom is 0.221 e. The smallest absolute Gasteiger partial charge is 0.221 e. The molecule has 2 N–H and O–H groups in total. The van der Waals surface area contributed by atoms with Crippen molar-refractivity contribution in [1.29, 1.82) is 0 Å². The van der Waals surface area contributed by atoms with Crippen molar-refractivity contribution in [2.75, 3.05) is 38.7 Å². The summed E-state index contributed by atoms with van der Waals surface area (Å²) in [7, 11) is 1.61. The molecule has 9 heteroatoms. The third-order valence-electron chi connectivity index (χ3n) is 4.94. The summed E-state index contributed by atoms with van der Waals surface area (Å²) < 4.78 is 12.4. The molecular weight excluding hydrogens is 402 g/mol. The fourth-order valence-corrected chi connectivity index (χ4v) is 3.53. The number of fused-ring (bicyclic) bond motifs is 1. The second-order valence-electron chi connectivity index (χ2n) is 6.85. The lowest BCUT2D eigenvalue weighted by molar-refractivity contribution is 0.0231. The van der Waals surface area contributed by atoms with E-state index in [0.717, 1.165) is 35.4 Å². The molecule has 1 saturated heterocycles. The van der Waals surface area contributed by atoms with Gasteiger partial charge in [0.15, 0.2) is 5.69 Å². The van der Waals surface area contributed by atoms with Crippen LogP contribution in [0.1, 0.15) is 0 Å². The molecule has 30 heavy (non-hydrogen) atoms. The SMILES string of the molecule is COc1ccc(NC(=S)N=Nc2c(O)n(CN3CCOCC3)c3ccccc23)cc1. The Bertz CT molecular complexity index is 1060. The number of azo groups is 1. The number of morpholine rings is 1. The molecule has 1 fully saturated rings. The van der Waals surface area contributed by atoms with Gasteiger partial charge in [0.2, 0.25) is 11.0 Å². The number of aromatic hydroxyl groups is 1. The minimum atomic E-state index is 0.0682. The van der Waals surface area contributed by atoms with Crippen molar-refractivity contribution in [2.24, 2.45) is 10.2 Å². The van der Waals surface area contributed by atoms with E-state index in [1.807, 2.05) is 53.1 Å². The normalized spacial score (nSPS) is 15.0. The molecule has 0 bridgehead atoms. The van der Waals surface area contributed by atoms with E-state index < -0.39 is 0 Å². The fourth-order valence-electron chi connectivity index (χ4n) is 3.37. The Balaban J connectivity index is 1.55. The number of nitrogens with zero attached hydrogens (tertiary/aromatic N) is 4. The van der Waals surface area contributed by atoms with Crippen LogP contribution < -0.4 is 10.1 Å². The maximum atomic E-state index is 10.9. The van der Waals surface area contributed by atoms with Gasteiger partial charge < -0.3 is 19.9 Å². The number of anilines is 1. The van der Waals surface area contributed by atoms with E-state index in [9.17, 15) is 5.11 Å². The average molecular weight is 426 g/mol. The molecule has 1 aromatic heterocycles. The summed E-state index contributed by atoms with van der Waals surface area (Å²) in [6.45, 7) is 3.58. The van der Waals surface area contributed by atoms with Crippen molar-refractivity contribution in [3.8, 4) is 11.6 Å². The molecule has 0 atom stereocenters. The molecule has 3 aromatic rings. The Labute approximate surface area is 179 Å². The van der Waals surface area contributed by atoms with Crippen molar-refractivity contribution in [3.63, 3.8) is 0 Å². The molecule has 0 aliphatic carbocycles. The fraction of sp³-hybridized carbons (Fsp3) is 0.286. The molecular formula is C21H23N5O3S. The lowest BCUT2D eigenvalue weighted by Gasteiger charge is -2.27. The van der Waals surface area contributed by atoms with Gasteiger partial charge in [-0.1, -0.05) is 18.2 Å². The molecule has 1 aliphatic rings. The van der Waals surface area contributed by atoms with Crippen LogP contribution >= 0.6 is 12.2 Å². The number of rotatable bonds is 5. The Kier molecular flexibility index (Phi) is 6.22. The van der Waals surface area contributed by atoms with E-state index in [1.54, 1.807) is 7.11 Å². The first-order valence-electron chi connectivity index (χ1n) is 9.63. The number of thiocarbonyl (C=S) groups is 1. The number of benzene rings is 2. The Morgan fingerprint density at radius 3 is 2.63 bits per heavy atom. The zero-order valence-corrected chi connectivity index (χ0v) is 17.4. The maximum absolute atomic E-state index is 10.9. The van der Waals surface area contributed by atoms with Crippen molar-refractivity contribution in [3.05, 3.63) is 48.5 Å².